The van der Waals surface area contributed by atoms with E-state index in [0.717, 1.165) is 9.35 Å². The van der Waals surface area contributed by atoms with Crippen LogP contribution in [0.5, 0.6) is 0 Å². The summed E-state index contributed by atoms with van der Waals surface area (Å²) in [5, 5.41) is 20.9. The summed E-state index contributed by atoms with van der Waals surface area (Å²) in [4.78, 5) is 11.4. The highest BCUT2D eigenvalue weighted by atomic mass is 79.9. The van der Waals surface area contributed by atoms with Gasteiger partial charge in [0, 0.05) is 21.8 Å². The minimum atomic E-state index is -0.470. The van der Waals surface area contributed by atoms with Crippen molar-refractivity contribution < 1.29 is 4.92 Å². The van der Waals surface area contributed by atoms with Gasteiger partial charge in [0.05, 0.1) is 11.1 Å². The maximum Gasteiger partial charge on any atom is 0.335 e. The van der Waals surface area contributed by atoms with Crippen LogP contribution in [0.1, 0.15) is 10.6 Å². The first kappa shape index (κ1) is 13.7. The Bertz CT molecular complexity index is 648. The molecule has 0 aromatic carbocycles. The monoisotopic (exact) mass is 343 g/mol. The van der Waals surface area contributed by atoms with Crippen molar-refractivity contribution in [1.82, 2.24) is 9.78 Å². The second-order valence-electron chi connectivity index (χ2n) is 3.70. The molecule has 0 aliphatic rings. The number of nitrogens with zero attached hydrogens (tertiary/aromatic N) is 4. The smallest absolute Gasteiger partial charge is 0.258 e. The fourth-order valence-corrected chi connectivity index (χ4v) is 2.85. The van der Waals surface area contributed by atoms with Crippen LogP contribution in [0.15, 0.2) is 21.0 Å². The van der Waals surface area contributed by atoms with Gasteiger partial charge in [0.15, 0.2) is 0 Å². The van der Waals surface area contributed by atoms with Crippen LogP contribution >= 0.6 is 27.3 Å². The maximum atomic E-state index is 10.9. The van der Waals surface area contributed by atoms with Crippen LogP contribution in [0, 0.1) is 17.0 Å². The van der Waals surface area contributed by atoms with Crippen molar-refractivity contribution in [2.75, 3.05) is 5.43 Å². The normalized spacial score (nSPS) is 11.1. The summed E-state index contributed by atoms with van der Waals surface area (Å²) in [6, 6.07) is 1.90. The SMILES string of the molecule is Cc1nn(C)c(N/N=C/c2cc(Br)cs2)c1[N+](=O)[O-]. The predicted molar refractivity (Wildman–Crippen MR) is 77.8 cm³/mol. The number of thiophene rings is 1. The largest absolute Gasteiger partial charge is 0.335 e. The van der Waals surface area contributed by atoms with E-state index in [4.69, 9.17) is 0 Å². The quantitative estimate of drug-likeness (QED) is 0.525. The average molecular weight is 344 g/mol. The molecule has 0 aliphatic carbocycles. The van der Waals surface area contributed by atoms with Gasteiger partial charge in [0.1, 0.15) is 5.69 Å². The fourth-order valence-electron chi connectivity index (χ4n) is 1.54. The van der Waals surface area contributed by atoms with Crippen molar-refractivity contribution in [2.24, 2.45) is 12.1 Å². The molecule has 2 aromatic heterocycles. The van der Waals surface area contributed by atoms with Crippen molar-refractivity contribution in [3.63, 3.8) is 0 Å². The van der Waals surface area contributed by atoms with E-state index < -0.39 is 4.92 Å². The number of hydrazone groups is 1. The molecule has 0 amide bonds. The molecule has 2 aromatic rings. The third-order valence-electron chi connectivity index (χ3n) is 2.32. The highest BCUT2D eigenvalue weighted by Gasteiger charge is 2.23. The van der Waals surface area contributed by atoms with E-state index in [1.807, 2.05) is 11.4 Å². The number of halogens is 1. The van der Waals surface area contributed by atoms with Crippen LogP contribution in [0.3, 0.4) is 0 Å². The molecular weight excluding hydrogens is 334 g/mol. The molecule has 0 unspecified atom stereocenters. The topological polar surface area (TPSA) is 85.3 Å². The molecule has 100 valence electrons. The molecule has 0 saturated carbocycles. The molecule has 2 rings (SSSR count). The number of nitro groups is 1. The minimum absolute atomic E-state index is 0.0630. The Morgan fingerprint density at radius 1 is 1.68 bits per heavy atom. The van der Waals surface area contributed by atoms with Crippen LogP contribution < -0.4 is 5.43 Å². The Hall–Kier alpha value is -1.74. The third-order valence-corrected chi connectivity index (χ3v) is 3.95. The summed E-state index contributed by atoms with van der Waals surface area (Å²) in [6.45, 7) is 1.59. The van der Waals surface area contributed by atoms with Gasteiger partial charge in [0.2, 0.25) is 5.82 Å². The van der Waals surface area contributed by atoms with Crippen molar-refractivity contribution >= 4 is 45.0 Å². The standard InChI is InChI=1S/C10H10BrN5O2S/c1-6-9(16(17)18)10(15(2)14-6)13-12-4-8-3-7(11)5-19-8/h3-5,13H,1-2H3/b12-4+. The van der Waals surface area contributed by atoms with E-state index in [-0.39, 0.29) is 11.5 Å². The predicted octanol–water partition coefficient (Wildman–Crippen LogP) is 2.91. The van der Waals surface area contributed by atoms with E-state index in [9.17, 15) is 10.1 Å². The van der Waals surface area contributed by atoms with Crippen molar-refractivity contribution in [1.29, 1.82) is 0 Å². The van der Waals surface area contributed by atoms with E-state index in [2.05, 4.69) is 31.6 Å². The number of nitrogens with one attached hydrogen (secondary N) is 1. The zero-order valence-electron chi connectivity index (χ0n) is 10.1. The van der Waals surface area contributed by atoms with Gasteiger partial charge in [-0.05, 0) is 28.9 Å². The van der Waals surface area contributed by atoms with E-state index in [1.54, 1.807) is 20.2 Å². The fraction of sp³-hybridized carbons (Fsp3) is 0.200. The maximum absolute atomic E-state index is 10.9. The minimum Gasteiger partial charge on any atom is -0.258 e. The first-order valence-corrected chi connectivity index (χ1v) is 6.87. The van der Waals surface area contributed by atoms with Crippen LogP contribution in [-0.4, -0.2) is 20.9 Å². The van der Waals surface area contributed by atoms with Gasteiger partial charge >= 0.3 is 5.69 Å². The lowest BCUT2D eigenvalue weighted by Crippen LogP contribution is -2.01. The van der Waals surface area contributed by atoms with Gasteiger partial charge in [-0.15, -0.1) is 11.3 Å². The number of anilines is 1. The summed E-state index contributed by atoms with van der Waals surface area (Å²) in [5.74, 6) is 0.259. The van der Waals surface area contributed by atoms with Gasteiger partial charge < -0.3 is 0 Å². The molecule has 7 nitrogen and oxygen atoms in total. The molecular formula is C10H10BrN5O2S. The molecule has 19 heavy (non-hydrogen) atoms. The molecule has 0 saturated heterocycles. The zero-order valence-corrected chi connectivity index (χ0v) is 12.5. The molecule has 1 N–H and O–H groups in total. The Kier molecular flexibility index (Phi) is 3.96. The van der Waals surface area contributed by atoms with E-state index in [0.29, 0.717) is 5.69 Å². The summed E-state index contributed by atoms with van der Waals surface area (Å²) >= 11 is 4.85. The molecule has 0 fully saturated rings. The Balaban J connectivity index is 2.20. The summed E-state index contributed by atoms with van der Waals surface area (Å²) in [5.41, 5.74) is 2.95. The zero-order chi connectivity index (χ0) is 14.0. The second-order valence-corrected chi connectivity index (χ2v) is 5.56. The van der Waals surface area contributed by atoms with Crippen LogP contribution in [0.4, 0.5) is 11.5 Å². The number of aromatic nitrogens is 2. The lowest BCUT2D eigenvalue weighted by Gasteiger charge is -1.99. The summed E-state index contributed by atoms with van der Waals surface area (Å²) in [6.07, 6.45) is 1.60. The Labute approximate surface area is 121 Å². The molecule has 0 spiro atoms. The van der Waals surface area contributed by atoms with Crippen molar-refractivity contribution in [2.45, 2.75) is 6.92 Å². The molecule has 0 atom stereocenters. The molecule has 0 bridgehead atoms. The summed E-state index contributed by atoms with van der Waals surface area (Å²) in [7, 11) is 1.62. The Morgan fingerprint density at radius 3 is 3.00 bits per heavy atom. The van der Waals surface area contributed by atoms with Gasteiger partial charge in [-0.1, -0.05) is 0 Å². The third kappa shape index (κ3) is 2.99. The van der Waals surface area contributed by atoms with Crippen LogP contribution in [-0.2, 0) is 7.05 Å². The molecule has 0 aliphatic heterocycles. The molecule has 2 heterocycles. The van der Waals surface area contributed by atoms with Gasteiger partial charge in [-0.25, -0.2) is 4.68 Å². The highest BCUT2D eigenvalue weighted by molar-refractivity contribution is 9.10. The van der Waals surface area contributed by atoms with Crippen molar-refractivity contribution in [3.05, 3.63) is 36.6 Å². The van der Waals surface area contributed by atoms with Crippen molar-refractivity contribution in [3.8, 4) is 0 Å². The summed E-state index contributed by atoms with van der Waals surface area (Å²) < 4.78 is 2.37. The van der Waals surface area contributed by atoms with Crippen LogP contribution in [0.25, 0.3) is 0 Å². The molecule has 0 radical (unpaired) electrons. The van der Waals surface area contributed by atoms with Gasteiger partial charge in [-0.3, -0.25) is 15.5 Å². The van der Waals surface area contributed by atoms with E-state index >= 15 is 0 Å². The lowest BCUT2D eigenvalue weighted by molar-refractivity contribution is -0.384. The molecule has 9 heteroatoms. The van der Waals surface area contributed by atoms with Gasteiger partial charge in [0.25, 0.3) is 0 Å². The van der Waals surface area contributed by atoms with Crippen LogP contribution in [0.2, 0.25) is 0 Å². The van der Waals surface area contributed by atoms with E-state index in [1.165, 1.54) is 16.0 Å². The number of rotatable bonds is 4. The number of hydrogen-bond donors (Lipinski definition) is 1. The number of aryl methyl sites for hydroxylation is 2. The first-order chi connectivity index (χ1) is 8.99. The number of hydrogen-bond acceptors (Lipinski definition) is 6. The Morgan fingerprint density at radius 2 is 2.42 bits per heavy atom. The average Bonchev–Trinajstić information content (AvgIpc) is 2.84. The lowest BCUT2D eigenvalue weighted by atomic mass is 10.4. The first-order valence-electron chi connectivity index (χ1n) is 5.20. The highest BCUT2D eigenvalue weighted by Crippen LogP contribution is 2.27. The second kappa shape index (κ2) is 5.49. The van der Waals surface area contributed by atoms with Gasteiger partial charge in [-0.2, -0.15) is 10.2 Å².